The van der Waals surface area contributed by atoms with E-state index in [0.717, 1.165) is 10.2 Å². The van der Waals surface area contributed by atoms with Gasteiger partial charge in [-0.3, -0.25) is 14.9 Å². The van der Waals surface area contributed by atoms with Crippen molar-refractivity contribution in [1.29, 1.82) is 0 Å². The summed E-state index contributed by atoms with van der Waals surface area (Å²) in [6.07, 6.45) is 0. The summed E-state index contributed by atoms with van der Waals surface area (Å²) in [6.45, 7) is 1.56. The molecule has 0 N–H and O–H groups in total. The average Bonchev–Trinajstić information content (AvgIpc) is 2.84. The molecule has 0 spiro atoms. The average molecular weight is 327 g/mol. The summed E-state index contributed by atoms with van der Waals surface area (Å²) in [5, 5.41) is 11.0. The Morgan fingerprint density at radius 2 is 1.96 bits per heavy atom. The van der Waals surface area contributed by atoms with Crippen LogP contribution >= 0.6 is 11.3 Å². The number of nitrogens with zero attached hydrogens (tertiary/aromatic N) is 3. The molecule has 1 aromatic heterocycles. The smallest absolute Gasteiger partial charge is 0.280 e. The molecule has 1 amide bonds. The van der Waals surface area contributed by atoms with Crippen molar-refractivity contribution in [2.75, 3.05) is 0 Å². The van der Waals surface area contributed by atoms with Gasteiger partial charge in [0.1, 0.15) is 0 Å². The number of hydrogen-bond donors (Lipinski definition) is 0. The number of aryl methyl sites for hydroxylation is 1. The van der Waals surface area contributed by atoms with Crippen LogP contribution in [0.2, 0.25) is 0 Å². The summed E-state index contributed by atoms with van der Waals surface area (Å²) < 4.78 is 2.86. The maximum absolute atomic E-state index is 12.4. The third-order valence-electron chi connectivity index (χ3n) is 3.64. The van der Waals surface area contributed by atoms with Crippen LogP contribution in [0.3, 0.4) is 0 Å². The monoisotopic (exact) mass is 327 g/mol. The topological polar surface area (TPSA) is 77.5 Å². The van der Waals surface area contributed by atoms with E-state index in [1.807, 2.05) is 35.9 Å². The molecule has 0 aliphatic rings. The zero-order chi connectivity index (χ0) is 16.6. The Hall–Kier alpha value is -2.80. The lowest BCUT2D eigenvalue weighted by molar-refractivity contribution is -0.385. The number of carbonyl (C=O) groups is 1. The van der Waals surface area contributed by atoms with E-state index in [1.54, 1.807) is 13.0 Å². The van der Waals surface area contributed by atoms with Gasteiger partial charge in [-0.15, -0.1) is 0 Å². The lowest BCUT2D eigenvalue weighted by Gasteiger charge is -2.01. The van der Waals surface area contributed by atoms with E-state index < -0.39 is 10.8 Å². The summed E-state index contributed by atoms with van der Waals surface area (Å²) in [4.78, 5) is 27.6. The number of nitro benzene ring substituents is 1. The van der Waals surface area contributed by atoms with Gasteiger partial charge in [-0.2, -0.15) is 4.99 Å². The minimum absolute atomic E-state index is 0.0771. The van der Waals surface area contributed by atoms with Crippen LogP contribution in [0.4, 0.5) is 5.69 Å². The highest BCUT2D eigenvalue weighted by molar-refractivity contribution is 7.16. The van der Waals surface area contributed by atoms with E-state index in [-0.39, 0.29) is 11.3 Å². The fraction of sp³-hybridized carbons (Fsp3) is 0.125. The summed E-state index contributed by atoms with van der Waals surface area (Å²) in [5.74, 6) is -0.478. The Kier molecular flexibility index (Phi) is 3.79. The molecule has 2 aromatic carbocycles. The molecule has 0 aliphatic carbocycles. The number of rotatable bonds is 2. The van der Waals surface area contributed by atoms with E-state index in [9.17, 15) is 14.9 Å². The number of nitro groups is 1. The molecule has 3 aromatic rings. The third kappa shape index (κ3) is 2.66. The number of amides is 1. The molecule has 6 nitrogen and oxygen atoms in total. The second-order valence-electron chi connectivity index (χ2n) is 5.04. The summed E-state index contributed by atoms with van der Waals surface area (Å²) in [6, 6.07) is 12.2. The minimum Gasteiger partial charge on any atom is -0.319 e. The largest absolute Gasteiger partial charge is 0.319 e. The summed E-state index contributed by atoms with van der Waals surface area (Å²) in [7, 11) is 1.84. The molecule has 0 saturated carbocycles. The molecule has 23 heavy (non-hydrogen) atoms. The Labute approximate surface area is 135 Å². The highest BCUT2D eigenvalue weighted by Gasteiger charge is 2.17. The molecular weight excluding hydrogens is 314 g/mol. The van der Waals surface area contributed by atoms with Gasteiger partial charge in [-0.1, -0.05) is 29.5 Å². The normalized spacial score (nSPS) is 11.8. The molecule has 0 saturated heterocycles. The molecule has 3 rings (SSSR count). The van der Waals surface area contributed by atoms with Gasteiger partial charge in [0.2, 0.25) is 0 Å². The standard InChI is InChI=1S/C16H13N3O3S/c1-10-11(6-5-8-12(10)19(21)22)15(20)17-16-18(2)13-7-3-4-9-14(13)23-16/h3-9H,1-2H3. The number of fused-ring (bicyclic) bond motifs is 1. The van der Waals surface area contributed by atoms with Crippen LogP contribution in [0, 0.1) is 17.0 Å². The van der Waals surface area contributed by atoms with Crippen LogP contribution in [-0.4, -0.2) is 15.4 Å². The molecule has 0 atom stereocenters. The predicted octanol–water partition coefficient (Wildman–Crippen LogP) is 3.20. The van der Waals surface area contributed by atoms with Crippen LogP contribution in [-0.2, 0) is 7.05 Å². The molecule has 1 heterocycles. The second-order valence-corrected chi connectivity index (χ2v) is 6.04. The van der Waals surface area contributed by atoms with Gasteiger partial charge < -0.3 is 4.57 Å². The molecular formula is C16H13N3O3S. The van der Waals surface area contributed by atoms with Gasteiger partial charge in [-0.25, -0.2) is 0 Å². The van der Waals surface area contributed by atoms with E-state index in [0.29, 0.717) is 10.4 Å². The Morgan fingerprint density at radius 3 is 2.65 bits per heavy atom. The van der Waals surface area contributed by atoms with E-state index in [4.69, 9.17) is 0 Å². The molecule has 0 unspecified atom stereocenters. The first kappa shape index (κ1) is 15.1. The fourth-order valence-electron chi connectivity index (χ4n) is 2.39. The molecule has 0 bridgehead atoms. The van der Waals surface area contributed by atoms with Crippen molar-refractivity contribution in [1.82, 2.24) is 4.57 Å². The number of hydrogen-bond acceptors (Lipinski definition) is 4. The van der Waals surface area contributed by atoms with E-state index >= 15 is 0 Å². The van der Waals surface area contributed by atoms with Crippen molar-refractivity contribution in [2.45, 2.75) is 6.92 Å². The van der Waals surface area contributed by atoms with Gasteiger partial charge in [0.25, 0.3) is 11.6 Å². The number of para-hydroxylation sites is 1. The van der Waals surface area contributed by atoms with E-state index in [1.165, 1.54) is 23.5 Å². The lowest BCUT2D eigenvalue weighted by atomic mass is 10.1. The highest BCUT2D eigenvalue weighted by atomic mass is 32.1. The number of benzene rings is 2. The molecule has 7 heteroatoms. The summed E-state index contributed by atoms with van der Waals surface area (Å²) in [5.41, 5.74) is 1.48. The van der Waals surface area contributed by atoms with Crippen LogP contribution in [0.5, 0.6) is 0 Å². The highest BCUT2D eigenvalue weighted by Crippen LogP contribution is 2.22. The maximum atomic E-state index is 12.4. The van der Waals surface area contributed by atoms with Gasteiger partial charge in [0.05, 0.1) is 20.7 Å². The fourth-order valence-corrected chi connectivity index (χ4v) is 3.40. The van der Waals surface area contributed by atoms with Crippen LogP contribution in [0.1, 0.15) is 15.9 Å². The van der Waals surface area contributed by atoms with Gasteiger partial charge >= 0.3 is 0 Å². The zero-order valence-electron chi connectivity index (χ0n) is 12.5. The van der Waals surface area contributed by atoms with Gasteiger partial charge in [0, 0.05) is 18.7 Å². The van der Waals surface area contributed by atoms with Crippen molar-refractivity contribution in [3.8, 4) is 0 Å². The van der Waals surface area contributed by atoms with Crippen molar-refractivity contribution in [2.24, 2.45) is 12.0 Å². The summed E-state index contributed by atoms with van der Waals surface area (Å²) >= 11 is 1.40. The van der Waals surface area contributed by atoms with Crippen molar-refractivity contribution in [3.63, 3.8) is 0 Å². The number of aromatic nitrogens is 1. The SMILES string of the molecule is Cc1c(C(=O)N=c2sc3ccccc3n2C)cccc1[N+](=O)[O-]. The Bertz CT molecular complexity index is 1000. The number of thiazole rings is 1. The molecule has 116 valence electrons. The first-order valence-corrected chi connectivity index (χ1v) is 7.68. The van der Waals surface area contributed by atoms with Crippen molar-refractivity contribution in [3.05, 3.63) is 68.5 Å². The van der Waals surface area contributed by atoms with Gasteiger partial charge in [-0.05, 0) is 25.1 Å². The first-order chi connectivity index (χ1) is 11.0. The Balaban J connectivity index is 2.12. The zero-order valence-corrected chi connectivity index (χ0v) is 13.3. The lowest BCUT2D eigenvalue weighted by Crippen LogP contribution is -2.14. The quantitative estimate of drug-likeness (QED) is 0.535. The predicted molar refractivity (Wildman–Crippen MR) is 88.5 cm³/mol. The molecule has 0 radical (unpaired) electrons. The molecule has 0 fully saturated rings. The second kappa shape index (κ2) is 5.77. The number of carbonyl (C=O) groups excluding carboxylic acids is 1. The van der Waals surface area contributed by atoms with Crippen molar-refractivity contribution >= 4 is 33.1 Å². The van der Waals surface area contributed by atoms with E-state index in [2.05, 4.69) is 4.99 Å². The molecule has 0 aliphatic heterocycles. The Morgan fingerprint density at radius 1 is 1.22 bits per heavy atom. The van der Waals surface area contributed by atoms with Crippen molar-refractivity contribution < 1.29 is 9.72 Å². The van der Waals surface area contributed by atoms with Gasteiger partial charge in [0.15, 0.2) is 4.80 Å². The van der Waals surface area contributed by atoms with Crippen LogP contribution in [0.25, 0.3) is 10.2 Å². The minimum atomic E-state index is -0.494. The van der Waals surface area contributed by atoms with Crippen LogP contribution in [0.15, 0.2) is 47.5 Å². The maximum Gasteiger partial charge on any atom is 0.280 e. The van der Waals surface area contributed by atoms with Crippen LogP contribution < -0.4 is 4.80 Å². The third-order valence-corrected chi connectivity index (χ3v) is 4.76. The first-order valence-electron chi connectivity index (χ1n) is 6.86.